The maximum atomic E-state index is 5.66. The molecule has 2 fully saturated rings. The Morgan fingerprint density at radius 2 is 1.88 bits per heavy atom. The number of hydrogen-bond acceptors (Lipinski definition) is 3. The summed E-state index contributed by atoms with van der Waals surface area (Å²) in [6, 6.07) is 5.01. The van der Waals surface area contributed by atoms with E-state index in [-0.39, 0.29) is 0 Å². The number of H-pyrrole nitrogens is 1. The quantitative estimate of drug-likeness (QED) is 0.718. The van der Waals surface area contributed by atoms with Gasteiger partial charge >= 0.3 is 0 Å². The highest BCUT2D eigenvalue weighted by molar-refractivity contribution is 5.92. The smallest absolute Gasteiger partial charge is 0.181 e. The molecule has 0 spiro atoms. The van der Waals surface area contributed by atoms with Gasteiger partial charge in [0.1, 0.15) is 0 Å². The molecule has 0 bridgehead atoms. The van der Waals surface area contributed by atoms with Gasteiger partial charge in [-0.3, -0.25) is 4.90 Å². The standard InChI is InChI=1S/C22H25N3O/c1-2-14(1)11-25(12-15-3-4-15)17-7-16-9-24-20-6-5-18(19(8-17)22(16)20)21-10-23-13-26-21/h5-6,9-10,13-15,17,24H,1-4,7-8,11-12H2/t17-/m0/s1. The molecule has 3 aromatic rings. The minimum Gasteiger partial charge on any atom is -0.444 e. The van der Waals surface area contributed by atoms with E-state index in [1.807, 2.05) is 6.20 Å². The van der Waals surface area contributed by atoms with Crippen molar-refractivity contribution < 1.29 is 4.42 Å². The molecule has 4 heteroatoms. The van der Waals surface area contributed by atoms with Crippen molar-refractivity contribution in [1.82, 2.24) is 14.9 Å². The largest absolute Gasteiger partial charge is 0.444 e. The van der Waals surface area contributed by atoms with E-state index in [1.165, 1.54) is 79.2 Å². The molecule has 2 heterocycles. The summed E-state index contributed by atoms with van der Waals surface area (Å²) >= 11 is 0. The molecule has 1 atom stereocenters. The Morgan fingerprint density at radius 1 is 1.08 bits per heavy atom. The molecule has 0 aliphatic heterocycles. The molecule has 3 aliphatic carbocycles. The van der Waals surface area contributed by atoms with Crippen molar-refractivity contribution in [2.24, 2.45) is 11.8 Å². The van der Waals surface area contributed by atoms with E-state index in [4.69, 9.17) is 4.42 Å². The SMILES string of the molecule is c1ncc(-c2ccc3[nH]cc4c3c2C[C@@H](N(CC2CC2)CC2CC2)C4)o1. The van der Waals surface area contributed by atoms with Crippen LogP contribution in [0, 0.1) is 11.8 Å². The van der Waals surface area contributed by atoms with Gasteiger partial charge in [-0.25, -0.2) is 4.98 Å². The van der Waals surface area contributed by atoms with Crippen LogP contribution in [0.3, 0.4) is 0 Å². The van der Waals surface area contributed by atoms with Crippen LogP contribution in [0.5, 0.6) is 0 Å². The van der Waals surface area contributed by atoms with Crippen molar-refractivity contribution in [2.45, 2.75) is 44.6 Å². The van der Waals surface area contributed by atoms with Crippen molar-refractivity contribution in [1.29, 1.82) is 0 Å². The number of oxazole rings is 1. The zero-order chi connectivity index (χ0) is 17.1. The number of aromatic amines is 1. The second kappa shape index (κ2) is 5.71. The van der Waals surface area contributed by atoms with E-state index in [9.17, 15) is 0 Å². The predicted molar refractivity (Wildman–Crippen MR) is 102 cm³/mol. The highest BCUT2D eigenvalue weighted by atomic mass is 16.3. The summed E-state index contributed by atoms with van der Waals surface area (Å²) in [6.45, 7) is 2.60. The fourth-order valence-corrected chi connectivity index (χ4v) is 4.78. The number of nitrogens with zero attached hydrogens (tertiary/aromatic N) is 2. The maximum absolute atomic E-state index is 5.66. The molecule has 26 heavy (non-hydrogen) atoms. The minimum atomic E-state index is 0.617. The summed E-state index contributed by atoms with van der Waals surface area (Å²) in [5.41, 5.74) is 5.40. The van der Waals surface area contributed by atoms with Gasteiger partial charge in [0.2, 0.25) is 0 Å². The van der Waals surface area contributed by atoms with Gasteiger partial charge < -0.3 is 9.40 Å². The van der Waals surface area contributed by atoms with Crippen LogP contribution in [0.15, 0.2) is 35.3 Å². The first kappa shape index (κ1) is 15.0. The van der Waals surface area contributed by atoms with Crippen LogP contribution in [0.1, 0.15) is 36.8 Å². The number of aromatic nitrogens is 2. The number of benzene rings is 1. The normalized spacial score (nSPS) is 22.4. The van der Waals surface area contributed by atoms with E-state index in [0.29, 0.717) is 6.04 Å². The fourth-order valence-electron chi connectivity index (χ4n) is 4.78. The monoisotopic (exact) mass is 347 g/mol. The van der Waals surface area contributed by atoms with Crippen molar-refractivity contribution in [3.8, 4) is 11.3 Å². The average Bonchev–Trinajstić information content (AvgIpc) is 3.56. The van der Waals surface area contributed by atoms with Gasteiger partial charge in [0.25, 0.3) is 0 Å². The summed E-state index contributed by atoms with van der Waals surface area (Å²) < 4.78 is 5.66. The molecule has 0 radical (unpaired) electrons. The number of nitrogens with one attached hydrogen (secondary N) is 1. The molecule has 3 aliphatic rings. The Bertz CT molecular complexity index is 920. The lowest BCUT2D eigenvalue weighted by molar-refractivity contribution is 0.176. The molecule has 2 aromatic heterocycles. The van der Waals surface area contributed by atoms with Gasteiger partial charge in [0.05, 0.1) is 6.20 Å². The van der Waals surface area contributed by atoms with Gasteiger partial charge in [-0.2, -0.15) is 0 Å². The van der Waals surface area contributed by atoms with Crippen LogP contribution in [0.2, 0.25) is 0 Å². The van der Waals surface area contributed by atoms with E-state index in [1.54, 1.807) is 0 Å². The Kier molecular flexibility index (Phi) is 3.30. The zero-order valence-corrected chi connectivity index (χ0v) is 15.1. The Hall–Kier alpha value is -2.07. The minimum absolute atomic E-state index is 0.617. The van der Waals surface area contributed by atoms with E-state index < -0.39 is 0 Å². The fraction of sp³-hybridized carbons (Fsp3) is 0.500. The topological polar surface area (TPSA) is 45.1 Å². The second-order valence-corrected chi connectivity index (χ2v) is 8.60. The third kappa shape index (κ3) is 2.59. The van der Waals surface area contributed by atoms with E-state index in [0.717, 1.165) is 24.0 Å². The van der Waals surface area contributed by atoms with Crippen LogP contribution in [-0.2, 0) is 12.8 Å². The van der Waals surface area contributed by atoms with Crippen LogP contribution < -0.4 is 0 Å². The van der Waals surface area contributed by atoms with Crippen molar-refractivity contribution in [3.05, 3.63) is 42.0 Å². The van der Waals surface area contributed by atoms with Gasteiger partial charge in [0.15, 0.2) is 12.2 Å². The highest BCUT2D eigenvalue weighted by Gasteiger charge is 2.35. The third-order valence-corrected chi connectivity index (χ3v) is 6.52. The lowest BCUT2D eigenvalue weighted by atomic mass is 9.85. The predicted octanol–water partition coefficient (Wildman–Crippen LogP) is 4.41. The summed E-state index contributed by atoms with van der Waals surface area (Å²) in [7, 11) is 0. The maximum Gasteiger partial charge on any atom is 0.181 e. The Balaban J connectivity index is 1.40. The first-order chi connectivity index (χ1) is 12.8. The zero-order valence-electron chi connectivity index (χ0n) is 15.1. The molecule has 6 rings (SSSR count). The lowest BCUT2D eigenvalue weighted by Gasteiger charge is -2.35. The van der Waals surface area contributed by atoms with Crippen LogP contribution in [0.25, 0.3) is 22.2 Å². The Morgan fingerprint density at radius 3 is 2.58 bits per heavy atom. The van der Waals surface area contributed by atoms with Gasteiger partial charge in [-0.05, 0) is 73.6 Å². The van der Waals surface area contributed by atoms with Crippen LogP contribution in [0.4, 0.5) is 0 Å². The first-order valence-electron chi connectivity index (χ1n) is 10.1. The summed E-state index contributed by atoms with van der Waals surface area (Å²) in [5.74, 6) is 2.79. The molecule has 1 N–H and O–H groups in total. The van der Waals surface area contributed by atoms with Gasteiger partial charge in [-0.15, -0.1) is 0 Å². The van der Waals surface area contributed by atoms with Gasteiger partial charge in [-0.1, -0.05) is 0 Å². The number of rotatable bonds is 6. The van der Waals surface area contributed by atoms with E-state index in [2.05, 4.69) is 33.2 Å². The molecule has 1 aromatic carbocycles. The highest BCUT2D eigenvalue weighted by Crippen LogP contribution is 2.40. The third-order valence-electron chi connectivity index (χ3n) is 6.52. The molecular weight excluding hydrogens is 322 g/mol. The summed E-state index contributed by atoms with van der Waals surface area (Å²) in [5, 5.41) is 1.42. The molecule has 4 nitrogen and oxygen atoms in total. The first-order valence-corrected chi connectivity index (χ1v) is 10.1. The van der Waals surface area contributed by atoms with Crippen LogP contribution >= 0.6 is 0 Å². The van der Waals surface area contributed by atoms with Crippen molar-refractivity contribution in [3.63, 3.8) is 0 Å². The van der Waals surface area contributed by atoms with E-state index >= 15 is 0 Å². The summed E-state index contributed by atoms with van der Waals surface area (Å²) in [4.78, 5) is 10.5. The molecule has 0 unspecified atom stereocenters. The van der Waals surface area contributed by atoms with Gasteiger partial charge in [0, 0.05) is 41.8 Å². The average molecular weight is 347 g/mol. The molecule has 0 saturated heterocycles. The Labute approximate surface area is 153 Å². The summed E-state index contributed by atoms with van der Waals surface area (Å²) in [6.07, 6.45) is 13.6. The lowest BCUT2D eigenvalue weighted by Crippen LogP contribution is -2.42. The van der Waals surface area contributed by atoms with Crippen molar-refractivity contribution in [2.75, 3.05) is 13.1 Å². The number of hydrogen-bond donors (Lipinski definition) is 1. The second-order valence-electron chi connectivity index (χ2n) is 8.60. The van der Waals surface area contributed by atoms with Crippen molar-refractivity contribution >= 4 is 10.9 Å². The molecule has 134 valence electrons. The molecule has 0 amide bonds. The molecule has 2 saturated carbocycles. The van der Waals surface area contributed by atoms with Crippen LogP contribution in [-0.4, -0.2) is 34.0 Å². The molecular formula is C22H25N3O.